The van der Waals surface area contributed by atoms with Gasteiger partial charge in [-0.1, -0.05) is 50.7 Å². The van der Waals surface area contributed by atoms with Crippen LogP contribution in [0.15, 0.2) is 52.3 Å². The average Bonchev–Trinajstić information content (AvgIpc) is 2.67. The number of piperidine rings is 1. The van der Waals surface area contributed by atoms with Gasteiger partial charge in [-0.05, 0) is 48.9 Å². The van der Waals surface area contributed by atoms with Gasteiger partial charge in [-0.25, -0.2) is 0 Å². The third-order valence-electron chi connectivity index (χ3n) is 5.89. The standard InChI is InChI=1S/C23H30N4S.ClH/c1-4-21(26-13-7-12-23(2,3)15-26)27-17-8-5-6-9-19(17)28-20-11-10-16(22(24)25)14-18(20)27;/h5-6,8-11,14,21H,4,7,12-13,15H2,1-3H3,(H3,24,25);1H. The molecule has 0 bridgehead atoms. The number of nitrogens with two attached hydrogens (primary N) is 1. The molecule has 156 valence electrons. The molecule has 4 nitrogen and oxygen atoms in total. The molecule has 2 aliphatic rings. The molecule has 2 heterocycles. The second kappa shape index (κ2) is 8.58. The molecular weight excluding hydrogens is 400 g/mol. The van der Waals surface area contributed by atoms with E-state index in [2.05, 4.69) is 67.0 Å². The lowest BCUT2D eigenvalue weighted by atomic mass is 9.84. The summed E-state index contributed by atoms with van der Waals surface area (Å²) in [6.45, 7) is 9.29. The van der Waals surface area contributed by atoms with Gasteiger partial charge in [0, 0.05) is 28.4 Å². The molecule has 6 heteroatoms. The Balaban J connectivity index is 0.00000240. The van der Waals surface area contributed by atoms with Crippen LogP contribution in [0, 0.1) is 10.8 Å². The Bertz CT molecular complexity index is 898. The minimum Gasteiger partial charge on any atom is -0.384 e. The van der Waals surface area contributed by atoms with E-state index in [-0.39, 0.29) is 18.2 Å². The molecule has 3 N–H and O–H groups in total. The van der Waals surface area contributed by atoms with Gasteiger partial charge in [0.15, 0.2) is 0 Å². The van der Waals surface area contributed by atoms with Crippen molar-refractivity contribution in [3.63, 3.8) is 0 Å². The molecule has 1 fully saturated rings. The van der Waals surface area contributed by atoms with Crippen molar-refractivity contribution in [1.29, 1.82) is 5.41 Å². The van der Waals surface area contributed by atoms with Crippen LogP contribution in [0.1, 0.15) is 45.6 Å². The zero-order valence-corrected chi connectivity index (χ0v) is 19.1. The fourth-order valence-electron chi connectivity index (χ4n) is 4.60. The van der Waals surface area contributed by atoms with Crippen LogP contribution in [0.3, 0.4) is 0 Å². The lowest BCUT2D eigenvalue weighted by Gasteiger charge is -2.48. The molecule has 29 heavy (non-hydrogen) atoms. The molecule has 0 saturated carbocycles. The molecule has 2 aliphatic heterocycles. The number of benzene rings is 2. The van der Waals surface area contributed by atoms with Gasteiger partial charge < -0.3 is 10.6 Å². The fraction of sp³-hybridized carbons (Fsp3) is 0.435. The third kappa shape index (κ3) is 4.27. The molecule has 1 unspecified atom stereocenters. The molecule has 0 aromatic heterocycles. The van der Waals surface area contributed by atoms with E-state index < -0.39 is 0 Å². The SMILES string of the molecule is CCC(N1CCCC(C)(C)C1)N1c2ccccc2Sc2ccc(C(=N)N)cc21.Cl. The Morgan fingerprint density at radius 2 is 1.90 bits per heavy atom. The quantitative estimate of drug-likeness (QED) is 0.471. The summed E-state index contributed by atoms with van der Waals surface area (Å²) < 4.78 is 0. The molecule has 1 atom stereocenters. The number of hydrogen-bond acceptors (Lipinski definition) is 4. The summed E-state index contributed by atoms with van der Waals surface area (Å²) in [7, 11) is 0. The van der Waals surface area contributed by atoms with Gasteiger partial charge in [0.1, 0.15) is 5.84 Å². The van der Waals surface area contributed by atoms with Crippen molar-refractivity contribution >= 4 is 41.4 Å². The van der Waals surface area contributed by atoms with E-state index in [1.165, 1.54) is 34.0 Å². The van der Waals surface area contributed by atoms with E-state index in [4.69, 9.17) is 11.1 Å². The molecule has 4 rings (SSSR count). The summed E-state index contributed by atoms with van der Waals surface area (Å²) in [5.41, 5.74) is 9.39. The summed E-state index contributed by atoms with van der Waals surface area (Å²) in [4.78, 5) is 7.67. The normalized spacial score (nSPS) is 18.9. The summed E-state index contributed by atoms with van der Waals surface area (Å²) in [6.07, 6.45) is 3.87. The Hall–Kier alpha value is -1.69. The maximum absolute atomic E-state index is 7.91. The zero-order chi connectivity index (χ0) is 19.9. The summed E-state index contributed by atoms with van der Waals surface area (Å²) >= 11 is 1.81. The predicted molar refractivity (Wildman–Crippen MR) is 126 cm³/mol. The van der Waals surface area contributed by atoms with Crippen LogP contribution in [0.5, 0.6) is 0 Å². The van der Waals surface area contributed by atoms with Crippen molar-refractivity contribution in [3.05, 3.63) is 48.0 Å². The number of nitrogens with zero attached hydrogens (tertiary/aromatic N) is 2. The molecule has 0 aliphatic carbocycles. The first-order valence-electron chi connectivity index (χ1n) is 10.2. The van der Waals surface area contributed by atoms with Crippen molar-refractivity contribution in [2.24, 2.45) is 11.1 Å². The average molecular weight is 431 g/mol. The molecular formula is C23H31ClN4S. The third-order valence-corrected chi connectivity index (χ3v) is 7.02. The van der Waals surface area contributed by atoms with Crippen LogP contribution in [0.25, 0.3) is 0 Å². The summed E-state index contributed by atoms with van der Waals surface area (Å²) in [5.74, 6) is 0.124. The highest BCUT2D eigenvalue weighted by atomic mass is 35.5. The zero-order valence-electron chi connectivity index (χ0n) is 17.4. The van der Waals surface area contributed by atoms with E-state index >= 15 is 0 Å². The molecule has 1 saturated heterocycles. The number of halogens is 1. The highest BCUT2D eigenvalue weighted by Crippen LogP contribution is 2.50. The lowest BCUT2D eigenvalue weighted by Crippen LogP contribution is -2.52. The van der Waals surface area contributed by atoms with Crippen molar-refractivity contribution < 1.29 is 0 Å². The van der Waals surface area contributed by atoms with Crippen LogP contribution in [0.4, 0.5) is 11.4 Å². The first-order chi connectivity index (χ1) is 13.4. The van der Waals surface area contributed by atoms with Crippen molar-refractivity contribution in [3.8, 4) is 0 Å². The highest BCUT2D eigenvalue weighted by Gasteiger charge is 2.36. The van der Waals surface area contributed by atoms with E-state index in [9.17, 15) is 0 Å². The van der Waals surface area contributed by atoms with Crippen molar-refractivity contribution in [2.45, 2.75) is 56.0 Å². The topological polar surface area (TPSA) is 56.4 Å². The van der Waals surface area contributed by atoms with Gasteiger partial charge in [0.05, 0.1) is 17.5 Å². The largest absolute Gasteiger partial charge is 0.384 e. The summed E-state index contributed by atoms with van der Waals surface area (Å²) in [6, 6.07) is 14.9. The monoisotopic (exact) mass is 430 g/mol. The van der Waals surface area contributed by atoms with Gasteiger partial charge in [-0.3, -0.25) is 10.3 Å². The molecule has 2 aromatic carbocycles. The summed E-state index contributed by atoms with van der Waals surface area (Å²) in [5, 5.41) is 7.91. The predicted octanol–water partition coefficient (Wildman–Crippen LogP) is 5.85. The maximum atomic E-state index is 7.91. The molecule has 0 amide bonds. The fourth-order valence-corrected chi connectivity index (χ4v) is 5.65. The number of nitrogen functional groups attached to an aromatic ring is 1. The number of rotatable bonds is 4. The van der Waals surface area contributed by atoms with E-state index in [0.29, 0.717) is 11.6 Å². The van der Waals surface area contributed by atoms with Gasteiger partial charge in [-0.15, -0.1) is 12.4 Å². The number of fused-ring (bicyclic) bond motifs is 2. The number of likely N-dealkylation sites (tertiary alicyclic amines) is 1. The first kappa shape index (κ1) is 22.0. The lowest BCUT2D eigenvalue weighted by molar-refractivity contribution is 0.0780. The Labute approximate surface area is 184 Å². The van der Waals surface area contributed by atoms with Gasteiger partial charge in [0.2, 0.25) is 0 Å². The number of hydrogen-bond donors (Lipinski definition) is 2. The van der Waals surface area contributed by atoms with E-state index in [1.807, 2.05) is 17.8 Å². The Kier molecular flexibility index (Phi) is 6.51. The number of para-hydroxylation sites is 1. The Morgan fingerprint density at radius 3 is 2.59 bits per heavy atom. The first-order valence-corrected chi connectivity index (χ1v) is 11.0. The Morgan fingerprint density at radius 1 is 1.17 bits per heavy atom. The molecule has 0 spiro atoms. The van der Waals surface area contributed by atoms with E-state index in [0.717, 1.165) is 25.1 Å². The minimum absolute atomic E-state index is 0. The van der Waals surface area contributed by atoms with Crippen LogP contribution in [0.2, 0.25) is 0 Å². The van der Waals surface area contributed by atoms with Gasteiger partial charge in [0.25, 0.3) is 0 Å². The van der Waals surface area contributed by atoms with Crippen LogP contribution in [-0.2, 0) is 0 Å². The number of nitrogens with one attached hydrogen (secondary N) is 1. The smallest absolute Gasteiger partial charge is 0.122 e. The van der Waals surface area contributed by atoms with Gasteiger partial charge >= 0.3 is 0 Å². The number of anilines is 2. The van der Waals surface area contributed by atoms with E-state index in [1.54, 1.807) is 0 Å². The molecule has 2 aromatic rings. The van der Waals surface area contributed by atoms with Crippen LogP contribution in [-0.4, -0.2) is 30.0 Å². The second-order valence-corrected chi connectivity index (χ2v) is 9.75. The van der Waals surface area contributed by atoms with Crippen molar-refractivity contribution in [1.82, 2.24) is 4.90 Å². The van der Waals surface area contributed by atoms with Crippen LogP contribution < -0.4 is 10.6 Å². The van der Waals surface area contributed by atoms with Gasteiger partial charge in [-0.2, -0.15) is 0 Å². The number of amidine groups is 1. The highest BCUT2D eigenvalue weighted by molar-refractivity contribution is 7.99. The maximum Gasteiger partial charge on any atom is 0.122 e. The minimum atomic E-state index is 0. The van der Waals surface area contributed by atoms with Crippen molar-refractivity contribution in [2.75, 3.05) is 18.0 Å². The van der Waals surface area contributed by atoms with Crippen LogP contribution >= 0.6 is 24.2 Å². The second-order valence-electron chi connectivity index (χ2n) is 8.66. The molecule has 0 radical (unpaired) electrons.